The van der Waals surface area contributed by atoms with Crippen molar-refractivity contribution in [2.24, 2.45) is 5.10 Å². The van der Waals surface area contributed by atoms with Crippen molar-refractivity contribution in [3.63, 3.8) is 0 Å². The minimum atomic E-state index is -0.398. The molecule has 0 radical (unpaired) electrons. The summed E-state index contributed by atoms with van der Waals surface area (Å²) in [6.45, 7) is 5.39. The Kier molecular flexibility index (Phi) is 6.84. The SMILES string of the molecule is CC(CC(=O)Nc1cc(C)ccn1)=NNC(=O)COc1ccc(C)cc1. The Bertz CT molecular complexity index is 801. The van der Waals surface area contributed by atoms with Gasteiger partial charge in [0.15, 0.2) is 6.61 Å². The normalized spacial score (nSPS) is 11.0. The molecule has 0 atom stereocenters. The number of amides is 2. The van der Waals surface area contributed by atoms with Crippen molar-refractivity contribution in [1.29, 1.82) is 0 Å². The Morgan fingerprint density at radius 2 is 1.81 bits per heavy atom. The lowest BCUT2D eigenvalue weighted by molar-refractivity contribution is -0.123. The number of rotatable bonds is 7. The average Bonchev–Trinajstić information content (AvgIpc) is 2.59. The topological polar surface area (TPSA) is 92.7 Å². The summed E-state index contributed by atoms with van der Waals surface area (Å²) in [5.74, 6) is 0.440. The second-order valence-corrected chi connectivity index (χ2v) is 5.93. The summed E-state index contributed by atoms with van der Waals surface area (Å²) in [5.41, 5.74) is 4.96. The number of hydrogen-bond donors (Lipinski definition) is 2. The fourth-order valence-electron chi connectivity index (χ4n) is 2.04. The first-order valence-electron chi connectivity index (χ1n) is 8.16. The van der Waals surface area contributed by atoms with Crippen LogP contribution in [0.15, 0.2) is 47.7 Å². The van der Waals surface area contributed by atoms with Crippen LogP contribution >= 0.6 is 0 Å². The zero-order valence-corrected chi connectivity index (χ0v) is 15.1. The van der Waals surface area contributed by atoms with Gasteiger partial charge in [0.05, 0.1) is 6.42 Å². The summed E-state index contributed by atoms with van der Waals surface area (Å²) in [7, 11) is 0. The maximum absolute atomic E-state index is 11.9. The molecule has 1 aromatic heterocycles. The summed E-state index contributed by atoms with van der Waals surface area (Å²) >= 11 is 0. The third kappa shape index (κ3) is 6.72. The van der Waals surface area contributed by atoms with Gasteiger partial charge in [0.25, 0.3) is 5.91 Å². The van der Waals surface area contributed by atoms with Crippen LogP contribution in [-0.4, -0.2) is 29.1 Å². The number of nitrogens with zero attached hydrogens (tertiary/aromatic N) is 2. The van der Waals surface area contributed by atoms with Gasteiger partial charge >= 0.3 is 0 Å². The molecule has 0 aliphatic carbocycles. The molecule has 2 rings (SSSR count). The van der Waals surface area contributed by atoms with Crippen molar-refractivity contribution in [2.45, 2.75) is 27.2 Å². The fraction of sp³-hybridized carbons (Fsp3) is 0.263. The van der Waals surface area contributed by atoms with Crippen LogP contribution in [-0.2, 0) is 9.59 Å². The second-order valence-electron chi connectivity index (χ2n) is 5.93. The number of nitrogens with one attached hydrogen (secondary N) is 2. The van der Waals surface area contributed by atoms with E-state index in [1.807, 2.05) is 32.0 Å². The molecule has 26 heavy (non-hydrogen) atoms. The maximum Gasteiger partial charge on any atom is 0.277 e. The molecule has 0 fully saturated rings. The predicted octanol–water partition coefficient (Wildman–Crippen LogP) is 2.60. The monoisotopic (exact) mass is 354 g/mol. The lowest BCUT2D eigenvalue weighted by Crippen LogP contribution is -2.26. The number of aromatic nitrogens is 1. The minimum absolute atomic E-state index is 0.0503. The first-order chi connectivity index (χ1) is 12.4. The molecule has 0 saturated heterocycles. The Labute approximate surface area is 152 Å². The number of anilines is 1. The zero-order chi connectivity index (χ0) is 18.9. The van der Waals surface area contributed by atoms with Crippen molar-refractivity contribution in [1.82, 2.24) is 10.4 Å². The molecule has 1 aromatic carbocycles. The van der Waals surface area contributed by atoms with E-state index in [1.54, 1.807) is 31.3 Å². The van der Waals surface area contributed by atoms with Crippen LogP contribution in [0.25, 0.3) is 0 Å². The summed E-state index contributed by atoms with van der Waals surface area (Å²) in [6.07, 6.45) is 1.68. The predicted molar refractivity (Wildman–Crippen MR) is 100 cm³/mol. The molecule has 2 aromatic rings. The molecule has 7 nitrogen and oxygen atoms in total. The van der Waals surface area contributed by atoms with Gasteiger partial charge in [-0.1, -0.05) is 17.7 Å². The van der Waals surface area contributed by atoms with Crippen LogP contribution in [0.2, 0.25) is 0 Å². The maximum atomic E-state index is 11.9. The van der Waals surface area contributed by atoms with Gasteiger partial charge in [0, 0.05) is 11.9 Å². The van der Waals surface area contributed by atoms with E-state index in [4.69, 9.17) is 4.74 Å². The number of carbonyl (C=O) groups excluding carboxylic acids is 2. The van der Waals surface area contributed by atoms with Gasteiger partial charge in [-0.15, -0.1) is 0 Å². The lowest BCUT2D eigenvalue weighted by Gasteiger charge is -2.07. The quantitative estimate of drug-likeness (QED) is 0.590. The van der Waals surface area contributed by atoms with Crippen LogP contribution in [0.3, 0.4) is 0 Å². The van der Waals surface area contributed by atoms with Crippen molar-refractivity contribution >= 4 is 23.3 Å². The Morgan fingerprint density at radius 1 is 1.08 bits per heavy atom. The smallest absolute Gasteiger partial charge is 0.277 e. The molecule has 0 unspecified atom stereocenters. The third-order valence-corrected chi connectivity index (χ3v) is 3.36. The fourth-order valence-corrected chi connectivity index (χ4v) is 2.04. The number of carbonyl (C=O) groups is 2. The van der Waals surface area contributed by atoms with Crippen LogP contribution in [0.4, 0.5) is 5.82 Å². The van der Waals surface area contributed by atoms with E-state index >= 15 is 0 Å². The van der Waals surface area contributed by atoms with E-state index in [0.717, 1.165) is 11.1 Å². The number of hydrazone groups is 1. The molecule has 2 amide bonds. The number of benzene rings is 1. The first kappa shape index (κ1) is 19.1. The lowest BCUT2D eigenvalue weighted by atomic mass is 10.2. The van der Waals surface area contributed by atoms with E-state index in [9.17, 15) is 9.59 Å². The standard InChI is InChI=1S/C19H22N4O3/c1-13-4-6-16(7-5-13)26-12-19(25)23-22-15(3)11-18(24)21-17-10-14(2)8-9-20-17/h4-10H,11-12H2,1-3H3,(H,23,25)(H,20,21,24). The largest absolute Gasteiger partial charge is 0.484 e. The third-order valence-electron chi connectivity index (χ3n) is 3.36. The van der Waals surface area contributed by atoms with Crippen LogP contribution in [0.5, 0.6) is 5.75 Å². The number of hydrogen-bond acceptors (Lipinski definition) is 5. The highest BCUT2D eigenvalue weighted by Gasteiger charge is 2.07. The van der Waals surface area contributed by atoms with Gasteiger partial charge in [0.1, 0.15) is 11.6 Å². The van der Waals surface area contributed by atoms with E-state index in [-0.39, 0.29) is 18.9 Å². The van der Waals surface area contributed by atoms with Gasteiger partial charge in [-0.25, -0.2) is 10.4 Å². The average molecular weight is 354 g/mol. The highest BCUT2D eigenvalue weighted by molar-refractivity contribution is 6.05. The first-order valence-corrected chi connectivity index (χ1v) is 8.16. The summed E-state index contributed by atoms with van der Waals surface area (Å²) in [6, 6.07) is 11.0. The van der Waals surface area contributed by atoms with Gasteiger partial charge in [0.2, 0.25) is 5.91 Å². The summed E-state index contributed by atoms with van der Waals surface area (Å²) in [4.78, 5) is 27.8. The molecular weight excluding hydrogens is 332 g/mol. The zero-order valence-electron chi connectivity index (χ0n) is 15.1. The van der Waals surface area contributed by atoms with E-state index in [0.29, 0.717) is 17.3 Å². The van der Waals surface area contributed by atoms with Crippen molar-refractivity contribution in [3.05, 3.63) is 53.7 Å². The van der Waals surface area contributed by atoms with Crippen LogP contribution < -0.4 is 15.5 Å². The number of pyridine rings is 1. The molecule has 0 aliphatic rings. The number of aryl methyl sites for hydroxylation is 2. The van der Waals surface area contributed by atoms with Gasteiger partial charge in [-0.05, 0) is 50.6 Å². The molecule has 0 saturated carbocycles. The van der Waals surface area contributed by atoms with E-state index in [2.05, 4.69) is 20.8 Å². The summed E-state index contributed by atoms with van der Waals surface area (Å²) < 4.78 is 5.36. The molecular formula is C19H22N4O3. The highest BCUT2D eigenvalue weighted by atomic mass is 16.5. The molecule has 7 heteroatoms. The second kappa shape index (κ2) is 9.31. The number of ether oxygens (including phenoxy) is 1. The molecule has 136 valence electrons. The van der Waals surface area contributed by atoms with Crippen LogP contribution in [0, 0.1) is 13.8 Å². The van der Waals surface area contributed by atoms with Gasteiger partial charge in [-0.3, -0.25) is 9.59 Å². The van der Waals surface area contributed by atoms with Crippen LogP contribution in [0.1, 0.15) is 24.5 Å². The van der Waals surface area contributed by atoms with Crippen molar-refractivity contribution in [2.75, 3.05) is 11.9 Å². The Hall–Kier alpha value is -3.22. The Morgan fingerprint density at radius 3 is 2.50 bits per heavy atom. The van der Waals surface area contributed by atoms with Crippen molar-refractivity contribution in [3.8, 4) is 5.75 Å². The molecule has 2 N–H and O–H groups in total. The Balaban J connectivity index is 1.75. The van der Waals surface area contributed by atoms with E-state index < -0.39 is 5.91 Å². The molecule has 0 spiro atoms. The van der Waals surface area contributed by atoms with Gasteiger partial charge in [-0.2, -0.15) is 5.10 Å². The summed E-state index contributed by atoms with van der Waals surface area (Å²) in [5, 5.41) is 6.59. The van der Waals surface area contributed by atoms with Gasteiger partial charge < -0.3 is 10.1 Å². The molecule has 1 heterocycles. The molecule has 0 bridgehead atoms. The highest BCUT2D eigenvalue weighted by Crippen LogP contribution is 2.11. The van der Waals surface area contributed by atoms with Crippen molar-refractivity contribution < 1.29 is 14.3 Å². The van der Waals surface area contributed by atoms with E-state index in [1.165, 1.54) is 0 Å². The molecule has 0 aliphatic heterocycles. The minimum Gasteiger partial charge on any atom is -0.484 e.